The number of aromatic nitrogens is 4. The van der Waals surface area contributed by atoms with E-state index in [0.717, 1.165) is 47.7 Å². The second-order valence-corrected chi connectivity index (χ2v) is 8.60. The summed E-state index contributed by atoms with van der Waals surface area (Å²) in [6, 6.07) is 7.79. The molecular formula is C24H28N6O3. The van der Waals surface area contributed by atoms with Crippen LogP contribution in [0.5, 0.6) is 11.5 Å². The van der Waals surface area contributed by atoms with E-state index in [-0.39, 0.29) is 18.4 Å². The zero-order valence-electron chi connectivity index (χ0n) is 19.0. The highest BCUT2D eigenvalue weighted by Gasteiger charge is 2.29. The van der Waals surface area contributed by atoms with Crippen molar-refractivity contribution in [1.82, 2.24) is 24.6 Å². The standard InChI is InChI=1S/C24H28N6O3/c1-28(2)24-25-14-19(17-6-7-20-21(13-17)33-12-11-32-20)23(27-24)18-5-3-9-29(15-18)22(31)16-30-10-4-8-26-30/h4,6-8,10,13-14,18H,3,5,9,11-12,15-16H2,1-2H3. The SMILES string of the molecule is CN(C)c1ncc(-c2ccc3c(c2)OCCO3)c(C2CCCN(C(=O)Cn3cccn3)C2)n1. The molecule has 9 nitrogen and oxygen atoms in total. The highest BCUT2D eigenvalue weighted by atomic mass is 16.6. The summed E-state index contributed by atoms with van der Waals surface area (Å²) in [6.07, 6.45) is 7.28. The van der Waals surface area contributed by atoms with Crippen LogP contribution in [0.4, 0.5) is 5.95 Å². The summed E-state index contributed by atoms with van der Waals surface area (Å²) in [5.74, 6) is 2.34. The van der Waals surface area contributed by atoms with Crippen molar-refractivity contribution in [2.75, 3.05) is 45.3 Å². The van der Waals surface area contributed by atoms with E-state index >= 15 is 0 Å². The van der Waals surface area contributed by atoms with Crippen LogP contribution in [0, 0.1) is 0 Å². The highest BCUT2D eigenvalue weighted by Crippen LogP contribution is 2.38. The zero-order valence-corrected chi connectivity index (χ0v) is 19.0. The summed E-state index contributed by atoms with van der Waals surface area (Å²) in [6.45, 7) is 2.72. The maximum Gasteiger partial charge on any atom is 0.244 e. The second kappa shape index (κ2) is 9.09. The molecule has 1 atom stereocenters. The van der Waals surface area contributed by atoms with Gasteiger partial charge in [0.25, 0.3) is 0 Å². The average molecular weight is 449 g/mol. The van der Waals surface area contributed by atoms with E-state index in [0.29, 0.717) is 25.7 Å². The molecule has 0 radical (unpaired) electrons. The van der Waals surface area contributed by atoms with Gasteiger partial charge in [0.2, 0.25) is 11.9 Å². The predicted molar refractivity (Wildman–Crippen MR) is 124 cm³/mol. The monoisotopic (exact) mass is 448 g/mol. The Labute approximate surface area is 193 Å². The number of ether oxygens (including phenoxy) is 2. The van der Waals surface area contributed by atoms with Gasteiger partial charge in [-0.3, -0.25) is 9.48 Å². The topological polar surface area (TPSA) is 85.6 Å². The van der Waals surface area contributed by atoms with E-state index in [2.05, 4.69) is 10.1 Å². The maximum absolute atomic E-state index is 12.9. The summed E-state index contributed by atoms with van der Waals surface area (Å²) in [4.78, 5) is 26.3. The number of nitrogens with zero attached hydrogens (tertiary/aromatic N) is 6. The molecule has 0 N–H and O–H groups in total. The van der Waals surface area contributed by atoms with Gasteiger partial charge in [-0.05, 0) is 36.6 Å². The minimum Gasteiger partial charge on any atom is -0.486 e. The first-order valence-corrected chi connectivity index (χ1v) is 11.3. The van der Waals surface area contributed by atoms with Gasteiger partial charge in [0, 0.05) is 57.3 Å². The van der Waals surface area contributed by atoms with Crippen molar-refractivity contribution in [1.29, 1.82) is 0 Å². The maximum atomic E-state index is 12.9. The molecule has 1 unspecified atom stereocenters. The first kappa shape index (κ1) is 21.2. The molecule has 0 spiro atoms. The Morgan fingerprint density at radius 3 is 2.85 bits per heavy atom. The lowest BCUT2D eigenvalue weighted by atomic mass is 9.89. The summed E-state index contributed by atoms with van der Waals surface area (Å²) >= 11 is 0. The fourth-order valence-electron chi connectivity index (χ4n) is 4.40. The Bertz CT molecular complexity index is 1130. The molecule has 172 valence electrons. The summed E-state index contributed by atoms with van der Waals surface area (Å²) in [7, 11) is 3.87. The van der Waals surface area contributed by atoms with Crippen LogP contribution in [-0.4, -0.2) is 71.0 Å². The van der Waals surface area contributed by atoms with Gasteiger partial charge >= 0.3 is 0 Å². The minimum atomic E-state index is 0.0752. The number of carbonyl (C=O) groups is 1. The first-order chi connectivity index (χ1) is 16.1. The van der Waals surface area contributed by atoms with Crippen LogP contribution < -0.4 is 14.4 Å². The molecule has 1 fully saturated rings. The Morgan fingerprint density at radius 1 is 1.21 bits per heavy atom. The van der Waals surface area contributed by atoms with Gasteiger partial charge in [0.1, 0.15) is 19.8 Å². The fourth-order valence-corrected chi connectivity index (χ4v) is 4.40. The van der Waals surface area contributed by atoms with Gasteiger partial charge in [-0.15, -0.1) is 0 Å². The van der Waals surface area contributed by atoms with Gasteiger partial charge in [0.15, 0.2) is 11.5 Å². The third kappa shape index (κ3) is 4.48. The molecule has 1 aromatic carbocycles. The van der Waals surface area contributed by atoms with E-state index in [1.54, 1.807) is 10.9 Å². The number of hydrogen-bond donors (Lipinski definition) is 0. The normalized spacial score (nSPS) is 17.6. The molecule has 2 aliphatic rings. The van der Waals surface area contributed by atoms with Crippen molar-refractivity contribution in [3.05, 3.63) is 48.5 Å². The zero-order chi connectivity index (χ0) is 22.8. The van der Waals surface area contributed by atoms with Gasteiger partial charge < -0.3 is 19.3 Å². The lowest BCUT2D eigenvalue weighted by molar-refractivity contribution is -0.133. The Hall–Kier alpha value is -3.62. The van der Waals surface area contributed by atoms with Crippen LogP contribution >= 0.6 is 0 Å². The number of carbonyl (C=O) groups excluding carboxylic acids is 1. The fraction of sp³-hybridized carbons (Fsp3) is 0.417. The molecule has 5 rings (SSSR count). The molecule has 1 amide bonds. The molecule has 2 aliphatic heterocycles. The van der Waals surface area contributed by atoms with E-state index in [9.17, 15) is 4.79 Å². The Balaban J connectivity index is 1.46. The first-order valence-electron chi connectivity index (χ1n) is 11.3. The molecule has 3 aromatic rings. The van der Waals surface area contributed by atoms with Crippen molar-refractivity contribution >= 4 is 11.9 Å². The number of hydrogen-bond acceptors (Lipinski definition) is 7. The van der Waals surface area contributed by atoms with Gasteiger partial charge in [-0.1, -0.05) is 6.07 Å². The molecule has 2 aromatic heterocycles. The largest absolute Gasteiger partial charge is 0.486 e. The average Bonchev–Trinajstić information content (AvgIpc) is 3.36. The number of amides is 1. The van der Waals surface area contributed by atoms with E-state index in [1.807, 2.05) is 60.6 Å². The predicted octanol–water partition coefficient (Wildman–Crippen LogP) is 2.58. The third-order valence-electron chi connectivity index (χ3n) is 6.08. The number of fused-ring (bicyclic) bond motifs is 1. The van der Waals surface area contributed by atoms with Crippen LogP contribution in [0.2, 0.25) is 0 Å². The van der Waals surface area contributed by atoms with E-state index in [1.165, 1.54) is 0 Å². The lowest BCUT2D eigenvalue weighted by Crippen LogP contribution is -2.41. The second-order valence-electron chi connectivity index (χ2n) is 8.60. The van der Waals surface area contributed by atoms with Gasteiger partial charge in [-0.2, -0.15) is 5.10 Å². The number of benzene rings is 1. The Kier molecular flexibility index (Phi) is 5.85. The van der Waals surface area contributed by atoms with Gasteiger partial charge in [-0.25, -0.2) is 9.97 Å². The minimum absolute atomic E-state index is 0.0752. The highest BCUT2D eigenvalue weighted by molar-refractivity contribution is 5.76. The molecule has 0 saturated carbocycles. The summed E-state index contributed by atoms with van der Waals surface area (Å²) in [5, 5.41) is 4.17. The molecule has 33 heavy (non-hydrogen) atoms. The van der Waals surface area contributed by atoms with Crippen molar-refractivity contribution in [2.24, 2.45) is 0 Å². The molecule has 4 heterocycles. The number of anilines is 1. The molecule has 1 saturated heterocycles. The quantitative estimate of drug-likeness (QED) is 0.593. The number of rotatable bonds is 5. The summed E-state index contributed by atoms with van der Waals surface area (Å²) in [5.41, 5.74) is 2.91. The van der Waals surface area contributed by atoms with Crippen molar-refractivity contribution in [3.63, 3.8) is 0 Å². The van der Waals surface area contributed by atoms with Crippen molar-refractivity contribution in [2.45, 2.75) is 25.3 Å². The molecular weight excluding hydrogens is 420 g/mol. The number of piperidine rings is 1. The van der Waals surface area contributed by atoms with E-state index < -0.39 is 0 Å². The van der Waals surface area contributed by atoms with Gasteiger partial charge in [0.05, 0.1) is 5.69 Å². The molecule has 0 bridgehead atoms. The van der Waals surface area contributed by atoms with Crippen LogP contribution in [-0.2, 0) is 11.3 Å². The van der Waals surface area contributed by atoms with E-state index in [4.69, 9.17) is 14.5 Å². The molecule has 9 heteroatoms. The van der Waals surface area contributed by atoms with Crippen LogP contribution in [0.15, 0.2) is 42.9 Å². The lowest BCUT2D eigenvalue weighted by Gasteiger charge is -2.33. The molecule has 0 aliphatic carbocycles. The smallest absolute Gasteiger partial charge is 0.244 e. The van der Waals surface area contributed by atoms with Crippen LogP contribution in [0.25, 0.3) is 11.1 Å². The van der Waals surface area contributed by atoms with Crippen molar-refractivity contribution in [3.8, 4) is 22.6 Å². The summed E-state index contributed by atoms with van der Waals surface area (Å²) < 4.78 is 13.1. The third-order valence-corrected chi connectivity index (χ3v) is 6.08. The van der Waals surface area contributed by atoms with Crippen LogP contribution in [0.3, 0.4) is 0 Å². The van der Waals surface area contributed by atoms with Crippen molar-refractivity contribution < 1.29 is 14.3 Å². The number of likely N-dealkylation sites (tertiary alicyclic amines) is 1. The van der Waals surface area contributed by atoms with Crippen LogP contribution in [0.1, 0.15) is 24.5 Å². The Morgan fingerprint density at radius 2 is 2.06 bits per heavy atom.